The number of aromatic nitrogens is 1. The van der Waals surface area contributed by atoms with Crippen LogP contribution < -0.4 is 0 Å². The Balaban J connectivity index is 2.76. The molecule has 0 unspecified atom stereocenters. The molecule has 0 saturated heterocycles. The zero-order valence-electron chi connectivity index (χ0n) is 12.1. The maximum Gasteiger partial charge on any atom is 0.341 e. The zero-order valence-corrected chi connectivity index (χ0v) is 13.0. The Morgan fingerprint density at radius 3 is 2.25 bits per heavy atom. The van der Waals surface area contributed by atoms with E-state index in [4.69, 9.17) is 9.47 Å². The lowest BCUT2D eigenvalue weighted by Gasteiger charge is -2.17. The van der Waals surface area contributed by atoms with Gasteiger partial charge in [-0.05, 0) is 0 Å². The van der Waals surface area contributed by atoms with Gasteiger partial charge in [0.25, 0.3) is 0 Å². The predicted octanol–water partition coefficient (Wildman–Crippen LogP) is 2.87. The van der Waals surface area contributed by atoms with Gasteiger partial charge in [0.1, 0.15) is 10.4 Å². The van der Waals surface area contributed by atoms with Crippen LogP contribution in [0.2, 0.25) is 0 Å². The maximum absolute atomic E-state index is 12.0. The number of carbonyl (C=O) groups is 2. The zero-order chi connectivity index (χ0) is 15.1. The second-order valence-electron chi connectivity index (χ2n) is 5.45. The van der Waals surface area contributed by atoms with E-state index in [9.17, 15) is 9.59 Å². The number of thiazole rings is 1. The highest BCUT2D eigenvalue weighted by Gasteiger charge is 2.28. The van der Waals surface area contributed by atoms with Gasteiger partial charge in [-0.1, -0.05) is 20.8 Å². The molecule has 2 aromatic heterocycles. The lowest BCUT2D eigenvalue weighted by Crippen LogP contribution is -2.13. The van der Waals surface area contributed by atoms with Gasteiger partial charge in [-0.3, -0.25) is 0 Å². The minimum Gasteiger partial charge on any atom is -0.465 e. The highest BCUT2D eigenvalue weighted by molar-refractivity contribution is 7.16. The van der Waals surface area contributed by atoms with Crippen molar-refractivity contribution in [1.29, 1.82) is 0 Å². The van der Waals surface area contributed by atoms with Crippen LogP contribution >= 0.6 is 11.3 Å². The first kappa shape index (κ1) is 14.6. The highest BCUT2D eigenvalue weighted by atomic mass is 32.1. The molecule has 0 fully saturated rings. The summed E-state index contributed by atoms with van der Waals surface area (Å²) in [5, 5.41) is 1.99. The van der Waals surface area contributed by atoms with E-state index < -0.39 is 11.9 Å². The van der Waals surface area contributed by atoms with E-state index in [0.29, 0.717) is 4.83 Å². The lowest BCUT2D eigenvalue weighted by molar-refractivity contribution is 0.0558. The molecule has 0 saturated carbocycles. The molecule has 2 aromatic rings. The van der Waals surface area contributed by atoms with Gasteiger partial charge >= 0.3 is 11.9 Å². The standard InChI is InChI=1S/C14H17NO4S/c1-14(2,3)9-7-20-11-10(13(17)19-5)8(6-15(9)11)12(16)18-4/h6-7H,1-5H3. The van der Waals surface area contributed by atoms with E-state index in [1.54, 1.807) is 6.20 Å². The minimum atomic E-state index is -0.541. The Kier molecular flexibility index (Phi) is 3.60. The highest BCUT2D eigenvalue weighted by Crippen LogP contribution is 2.32. The predicted molar refractivity (Wildman–Crippen MR) is 76.7 cm³/mol. The molecule has 0 N–H and O–H groups in total. The molecule has 0 aliphatic rings. The second kappa shape index (κ2) is 4.94. The molecule has 0 aliphatic heterocycles. The van der Waals surface area contributed by atoms with Gasteiger partial charge in [0.2, 0.25) is 0 Å². The van der Waals surface area contributed by atoms with Gasteiger partial charge in [-0.15, -0.1) is 11.3 Å². The molecule has 0 aliphatic carbocycles. The topological polar surface area (TPSA) is 57.0 Å². The Morgan fingerprint density at radius 1 is 1.15 bits per heavy atom. The van der Waals surface area contributed by atoms with Gasteiger partial charge in [-0.2, -0.15) is 0 Å². The molecular weight excluding hydrogens is 278 g/mol. The smallest absolute Gasteiger partial charge is 0.341 e. The van der Waals surface area contributed by atoms with E-state index in [-0.39, 0.29) is 16.5 Å². The van der Waals surface area contributed by atoms with Crippen LogP contribution in [-0.4, -0.2) is 30.6 Å². The Bertz CT molecular complexity index is 675. The van der Waals surface area contributed by atoms with Crippen molar-refractivity contribution in [2.24, 2.45) is 0 Å². The third-order valence-corrected chi connectivity index (χ3v) is 4.03. The summed E-state index contributed by atoms with van der Waals surface area (Å²) < 4.78 is 11.4. The Hall–Kier alpha value is -1.82. The number of carbonyl (C=O) groups excluding carboxylic acids is 2. The number of rotatable bonds is 2. The third kappa shape index (κ3) is 2.20. The number of hydrogen-bond donors (Lipinski definition) is 0. The summed E-state index contributed by atoms with van der Waals surface area (Å²) in [5.41, 5.74) is 1.42. The van der Waals surface area contributed by atoms with Crippen LogP contribution in [0.25, 0.3) is 4.83 Å². The van der Waals surface area contributed by atoms with Gasteiger partial charge in [0, 0.05) is 22.7 Å². The van der Waals surface area contributed by atoms with Crippen LogP contribution in [0.3, 0.4) is 0 Å². The number of methoxy groups -OCH3 is 2. The SMILES string of the molecule is COC(=O)c1cn2c(C(C)(C)C)csc2c1C(=O)OC. The molecule has 5 nitrogen and oxygen atoms in total. The van der Waals surface area contributed by atoms with Crippen LogP contribution in [0.1, 0.15) is 47.2 Å². The summed E-state index contributed by atoms with van der Waals surface area (Å²) >= 11 is 1.41. The average molecular weight is 295 g/mol. The van der Waals surface area contributed by atoms with Crippen molar-refractivity contribution in [2.45, 2.75) is 26.2 Å². The molecule has 108 valence electrons. The molecule has 6 heteroatoms. The summed E-state index contributed by atoms with van der Waals surface area (Å²) in [7, 11) is 2.59. The minimum absolute atomic E-state index is 0.0992. The van der Waals surface area contributed by atoms with Gasteiger partial charge < -0.3 is 13.9 Å². The molecule has 0 spiro atoms. The third-order valence-electron chi connectivity index (χ3n) is 3.07. The van der Waals surface area contributed by atoms with Crippen LogP contribution in [0.5, 0.6) is 0 Å². The van der Waals surface area contributed by atoms with Crippen LogP contribution in [0.15, 0.2) is 11.6 Å². The monoisotopic (exact) mass is 295 g/mol. The van der Waals surface area contributed by atoms with Crippen molar-refractivity contribution in [3.05, 3.63) is 28.4 Å². The van der Waals surface area contributed by atoms with Crippen molar-refractivity contribution >= 4 is 28.1 Å². The van der Waals surface area contributed by atoms with Crippen LogP contribution in [0, 0.1) is 0 Å². The molecular formula is C14H17NO4S. The van der Waals surface area contributed by atoms with E-state index in [2.05, 4.69) is 20.8 Å². The average Bonchev–Trinajstić information content (AvgIpc) is 2.93. The van der Waals surface area contributed by atoms with E-state index in [0.717, 1.165) is 5.69 Å². The quantitative estimate of drug-likeness (QED) is 0.799. The van der Waals surface area contributed by atoms with E-state index in [1.165, 1.54) is 25.6 Å². The summed E-state index contributed by atoms with van der Waals surface area (Å²) in [6, 6.07) is 0. The molecule has 2 rings (SSSR count). The fraction of sp³-hybridized carbons (Fsp3) is 0.429. The number of ether oxygens (including phenoxy) is 2. The number of esters is 2. The summed E-state index contributed by atoms with van der Waals surface area (Å²) in [4.78, 5) is 24.5. The Labute approximate surface area is 121 Å². The Morgan fingerprint density at radius 2 is 1.75 bits per heavy atom. The van der Waals surface area contributed by atoms with Gasteiger partial charge in [-0.25, -0.2) is 9.59 Å². The molecule has 2 heterocycles. The van der Waals surface area contributed by atoms with Crippen LogP contribution in [-0.2, 0) is 14.9 Å². The molecule has 0 amide bonds. The fourth-order valence-electron chi connectivity index (χ4n) is 2.05. The number of fused-ring (bicyclic) bond motifs is 1. The first-order chi connectivity index (χ1) is 9.31. The van der Waals surface area contributed by atoms with Crippen molar-refractivity contribution in [3.63, 3.8) is 0 Å². The number of nitrogens with zero attached hydrogens (tertiary/aromatic N) is 1. The van der Waals surface area contributed by atoms with Crippen molar-refractivity contribution in [2.75, 3.05) is 14.2 Å². The van der Waals surface area contributed by atoms with Crippen molar-refractivity contribution in [3.8, 4) is 0 Å². The first-order valence-electron chi connectivity index (χ1n) is 6.11. The second-order valence-corrected chi connectivity index (χ2v) is 6.31. The molecule has 0 bridgehead atoms. The van der Waals surface area contributed by atoms with E-state index in [1.807, 2.05) is 9.78 Å². The lowest BCUT2D eigenvalue weighted by atomic mass is 9.93. The molecule has 0 aromatic carbocycles. The largest absolute Gasteiger partial charge is 0.465 e. The maximum atomic E-state index is 12.0. The van der Waals surface area contributed by atoms with Crippen molar-refractivity contribution < 1.29 is 19.1 Å². The summed E-state index contributed by atoms with van der Waals surface area (Å²) in [6.07, 6.45) is 1.64. The molecule has 0 atom stereocenters. The molecule has 0 radical (unpaired) electrons. The normalized spacial score (nSPS) is 11.7. The molecule has 20 heavy (non-hydrogen) atoms. The number of hydrogen-bond acceptors (Lipinski definition) is 5. The summed E-state index contributed by atoms with van der Waals surface area (Å²) in [6.45, 7) is 6.22. The van der Waals surface area contributed by atoms with Crippen molar-refractivity contribution in [1.82, 2.24) is 4.40 Å². The summed E-state index contributed by atoms with van der Waals surface area (Å²) in [5.74, 6) is -1.07. The van der Waals surface area contributed by atoms with E-state index >= 15 is 0 Å². The fourth-order valence-corrected chi connectivity index (χ4v) is 3.32. The van der Waals surface area contributed by atoms with Gasteiger partial charge in [0.05, 0.1) is 19.8 Å². The van der Waals surface area contributed by atoms with Gasteiger partial charge in [0.15, 0.2) is 0 Å². The first-order valence-corrected chi connectivity index (χ1v) is 6.99. The van der Waals surface area contributed by atoms with Crippen LogP contribution in [0.4, 0.5) is 0 Å².